The summed E-state index contributed by atoms with van der Waals surface area (Å²) in [6, 6.07) is 1.46. The van der Waals surface area contributed by atoms with Crippen LogP contribution in [0.4, 0.5) is 5.82 Å². The number of aromatic amines is 1. The lowest BCUT2D eigenvalue weighted by Crippen LogP contribution is -2.37. The molecule has 2 rings (SSSR count). The largest absolute Gasteiger partial charge is 0.382 e. The Kier molecular flexibility index (Phi) is 2.76. The third kappa shape index (κ3) is 2.13. The molecule has 0 aromatic carbocycles. The number of hydrogen-bond acceptors (Lipinski definition) is 4. The third-order valence-electron chi connectivity index (χ3n) is 2.38. The van der Waals surface area contributed by atoms with E-state index in [2.05, 4.69) is 15.5 Å². The van der Waals surface area contributed by atoms with Crippen LogP contribution in [0.25, 0.3) is 0 Å². The van der Waals surface area contributed by atoms with Gasteiger partial charge in [-0.2, -0.15) is 5.10 Å². The molecule has 2 amide bonds. The van der Waals surface area contributed by atoms with E-state index in [1.165, 1.54) is 11.0 Å². The zero-order valence-corrected chi connectivity index (χ0v) is 8.69. The Labute approximate surface area is 92.0 Å². The molecule has 0 aliphatic carbocycles. The van der Waals surface area contributed by atoms with Crippen LogP contribution < -0.4 is 11.1 Å². The standard InChI is InChI=1S/C9H13N5O2/c10-7-4-6(12-13-7)9(16)14-3-1-2-11-8(15)5-14/h4H,1-3,5H2,(H,11,15)(H3,10,12,13). The van der Waals surface area contributed by atoms with Gasteiger partial charge in [0, 0.05) is 19.2 Å². The van der Waals surface area contributed by atoms with Crippen LogP contribution in [0.2, 0.25) is 0 Å². The van der Waals surface area contributed by atoms with Crippen molar-refractivity contribution in [1.29, 1.82) is 0 Å². The lowest BCUT2D eigenvalue weighted by atomic mass is 10.3. The first kappa shape index (κ1) is 10.5. The fraction of sp³-hybridized carbons (Fsp3) is 0.444. The van der Waals surface area contributed by atoms with Crippen molar-refractivity contribution in [2.45, 2.75) is 6.42 Å². The predicted molar refractivity (Wildman–Crippen MR) is 56.5 cm³/mol. The zero-order chi connectivity index (χ0) is 11.5. The maximum Gasteiger partial charge on any atom is 0.272 e. The fourth-order valence-electron chi connectivity index (χ4n) is 1.60. The fourth-order valence-corrected chi connectivity index (χ4v) is 1.60. The molecule has 86 valence electrons. The lowest BCUT2D eigenvalue weighted by Gasteiger charge is -2.17. The van der Waals surface area contributed by atoms with Crippen LogP contribution in [0, 0.1) is 0 Å². The molecule has 1 aromatic heterocycles. The zero-order valence-electron chi connectivity index (χ0n) is 8.69. The van der Waals surface area contributed by atoms with Crippen LogP contribution in [-0.2, 0) is 4.79 Å². The van der Waals surface area contributed by atoms with Crippen LogP contribution in [0.3, 0.4) is 0 Å². The minimum atomic E-state index is -0.249. The summed E-state index contributed by atoms with van der Waals surface area (Å²) in [5.41, 5.74) is 5.72. The van der Waals surface area contributed by atoms with Crippen LogP contribution in [0.15, 0.2) is 6.07 Å². The predicted octanol–water partition coefficient (Wildman–Crippen LogP) is -1.05. The average Bonchev–Trinajstić information content (AvgIpc) is 2.56. The minimum Gasteiger partial charge on any atom is -0.382 e. The molecular formula is C9H13N5O2. The number of nitrogens with zero attached hydrogens (tertiary/aromatic N) is 2. The molecule has 1 fully saturated rings. The Bertz CT molecular complexity index is 414. The molecule has 1 aromatic rings. The number of carbonyl (C=O) groups excluding carboxylic acids is 2. The topological polar surface area (TPSA) is 104 Å². The van der Waals surface area contributed by atoms with E-state index in [4.69, 9.17) is 5.73 Å². The molecule has 1 saturated heterocycles. The summed E-state index contributed by atoms with van der Waals surface area (Å²) in [4.78, 5) is 24.7. The Morgan fingerprint density at radius 1 is 1.56 bits per heavy atom. The second-order valence-electron chi connectivity index (χ2n) is 3.64. The van der Waals surface area contributed by atoms with Gasteiger partial charge in [0.25, 0.3) is 5.91 Å². The quantitative estimate of drug-likeness (QED) is 0.565. The monoisotopic (exact) mass is 223 g/mol. The first-order valence-corrected chi connectivity index (χ1v) is 5.03. The molecule has 16 heavy (non-hydrogen) atoms. The van der Waals surface area contributed by atoms with E-state index in [1.807, 2.05) is 0 Å². The molecule has 1 aliphatic heterocycles. The van der Waals surface area contributed by atoms with Gasteiger partial charge in [0.1, 0.15) is 11.5 Å². The van der Waals surface area contributed by atoms with Crippen molar-refractivity contribution in [3.8, 4) is 0 Å². The smallest absolute Gasteiger partial charge is 0.272 e. The molecule has 4 N–H and O–H groups in total. The van der Waals surface area contributed by atoms with Crippen molar-refractivity contribution in [1.82, 2.24) is 20.4 Å². The Morgan fingerprint density at radius 3 is 3.06 bits per heavy atom. The summed E-state index contributed by atoms with van der Waals surface area (Å²) in [7, 11) is 0. The van der Waals surface area contributed by atoms with Gasteiger partial charge >= 0.3 is 0 Å². The SMILES string of the molecule is Nc1cc(C(=O)N2CCCNC(=O)C2)[nH]n1. The van der Waals surface area contributed by atoms with Crippen molar-refractivity contribution in [2.24, 2.45) is 0 Å². The highest BCUT2D eigenvalue weighted by molar-refractivity contribution is 5.95. The second-order valence-corrected chi connectivity index (χ2v) is 3.64. The normalized spacial score (nSPS) is 16.8. The summed E-state index contributed by atoms with van der Waals surface area (Å²) < 4.78 is 0. The van der Waals surface area contributed by atoms with Gasteiger partial charge in [-0.1, -0.05) is 0 Å². The highest BCUT2D eigenvalue weighted by atomic mass is 16.2. The first-order chi connectivity index (χ1) is 7.66. The van der Waals surface area contributed by atoms with Crippen LogP contribution in [0.1, 0.15) is 16.9 Å². The molecule has 0 bridgehead atoms. The lowest BCUT2D eigenvalue weighted by molar-refractivity contribution is -0.121. The number of H-pyrrole nitrogens is 1. The summed E-state index contributed by atoms with van der Waals surface area (Å²) in [6.45, 7) is 1.24. The Balaban J connectivity index is 2.11. The summed E-state index contributed by atoms with van der Waals surface area (Å²) in [5, 5.41) is 8.92. The molecule has 2 heterocycles. The Hall–Kier alpha value is -2.05. The molecule has 0 spiro atoms. The van der Waals surface area contributed by atoms with Crippen molar-refractivity contribution in [3.05, 3.63) is 11.8 Å². The number of carbonyl (C=O) groups is 2. The maximum absolute atomic E-state index is 11.9. The number of nitrogens with one attached hydrogen (secondary N) is 2. The number of amides is 2. The minimum absolute atomic E-state index is 0.0811. The first-order valence-electron chi connectivity index (χ1n) is 5.03. The number of nitrogens with two attached hydrogens (primary N) is 1. The van der Waals surface area contributed by atoms with Crippen molar-refractivity contribution >= 4 is 17.6 Å². The van der Waals surface area contributed by atoms with E-state index in [0.717, 1.165) is 6.42 Å². The highest BCUT2D eigenvalue weighted by Gasteiger charge is 2.22. The maximum atomic E-state index is 11.9. The summed E-state index contributed by atoms with van der Waals surface area (Å²) in [6.07, 6.45) is 0.751. The second kappa shape index (κ2) is 4.21. The van der Waals surface area contributed by atoms with Crippen LogP contribution in [-0.4, -0.2) is 46.5 Å². The van der Waals surface area contributed by atoms with Gasteiger partial charge in [0.05, 0.1) is 6.54 Å². The van der Waals surface area contributed by atoms with E-state index < -0.39 is 0 Å². The highest BCUT2D eigenvalue weighted by Crippen LogP contribution is 2.06. The van der Waals surface area contributed by atoms with Gasteiger partial charge in [0.15, 0.2) is 0 Å². The third-order valence-corrected chi connectivity index (χ3v) is 2.38. The van der Waals surface area contributed by atoms with Gasteiger partial charge < -0.3 is 16.0 Å². The van der Waals surface area contributed by atoms with E-state index in [9.17, 15) is 9.59 Å². The molecular weight excluding hydrogens is 210 g/mol. The molecule has 7 heteroatoms. The van der Waals surface area contributed by atoms with Gasteiger partial charge in [-0.25, -0.2) is 0 Å². The molecule has 0 radical (unpaired) electrons. The molecule has 0 saturated carbocycles. The molecule has 0 unspecified atom stereocenters. The van der Waals surface area contributed by atoms with E-state index in [-0.39, 0.29) is 24.2 Å². The molecule has 1 aliphatic rings. The van der Waals surface area contributed by atoms with Crippen molar-refractivity contribution in [2.75, 3.05) is 25.4 Å². The number of nitrogen functional groups attached to an aromatic ring is 1. The number of hydrogen-bond donors (Lipinski definition) is 3. The average molecular weight is 223 g/mol. The van der Waals surface area contributed by atoms with Gasteiger partial charge in [-0.05, 0) is 6.42 Å². The summed E-state index contributed by atoms with van der Waals surface area (Å²) in [5.74, 6) is -0.123. The van der Waals surface area contributed by atoms with Gasteiger partial charge in [-0.3, -0.25) is 14.7 Å². The number of rotatable bonds is 1. The summed E-state index contributed by atoms with van der Waals surface area (Å²) >= 11 is 0. The van der Waals surface area contributed by atoms with E-state index in [0.29, 0.717) is 18.8 Å². The van der Waals surface area contributed by atoms with Crippen molar-refractivity contribution < 1.29 is 9.59 Å². The van der Waals surface area contributed by atoms with E-state index >= 15 is 0 Å². The molecule has 7 nitrogen and oxygen atoms in total. The van der Waals surface area contributed by atoms with E-state index in [1.54, 1.807) is 0 Å². The van der Waals surface area contributed by atoms with Gasteiger partial charge in [-0.15, -0.1) is 0 Å². The Morgan fingerprint density at radius 2 is 2.38 bits per heavy atom. The van der Waals surface area contributed by atoms with Crippen molar-refractivity contribution in [3.63, 3.8) is 0 Å². The van der Waals surface area contributed by atoms with Gasteiger partial charge in [0.2, 0.25) is 5.91 Å². The van der Waals surface area contributed by atoms with Crippen LogP contribution in [0.5, 0.6) is 0 Å². The number of anilines is 1. The molecule has 0 atom stereocenters. The van der Waals surface area contributed by atoms with Crippen LogP contribution >= 0.6 is 0 Å². The number of aromatic nitrogens is 2.